The van der Waals surface area contributed by atoms with Crippen molar-refractivity contribution in [2.24, 2.45) is 7.05 Å². The molecule has 0 unspecified atom stereocenters. The number of aryl methyl sites for hydroxylation is 1. The molecule has 1 aromatic carbocycles. The van der Waals surface area contributed by atoms with E-state index < -0.39 is 0 Å². The Morgan fingerprint density at radius 2 is 2.11 bits per heavy atom. The summed E-state index contributed by atoms with van der Waals surface area (Å²) >= 11 is 1.54. The number of ether oxygens (including phenoxy) is 1. The van der Waals surface area contributed by atoms with Crippen molar-refractivity contribution >= 4 is 45.8 Å². The number of benzene rings is 1. The number of nitrogens with one attached hydrogen (secondary N) is 2. The molecule has 3 heterocycles. The summed E-state index contributed by atoms with van der Waals surface area (Å²) in [6.45, 7) is 3.12. The number of nitrogen functional groups attached to an aromatic ring is 1. The minimum absolute atomic E-state index is 0.163. The van der Waals surface area contributed by atoms with Gasteiger partial charge in [0.2, 0.25) is 5.78 Å². The van der Waals surface area contributed by atoms with Gasteiger partial charge in [0.15, 0.2) is 0 Å². The Morgan fingerprint density at radius 3 is 2.78 bits per heavy atom. The van der Waals surface area contributed by atoms with Crippen LogP contribution < -0.4 is 15.4 Å². The average molecular weight is 386 g/mol. The standard InChI is InChI=1S/C18H22N6O2S/c1-23-18(19)12(10-20-23)17(25)15-7-11-8-16(24-3-5-26-6-4-24)14(22-27-2)9-13(11)21-15/h7-10,21-22H,3-6,19H2,1-2H3. The Hall–Kier alpha value is -2.65. The zero-order chi connectivity index (χ0) is 19.0. The lowest BCUT2D eigenvalue weighted by atomic mass is 10.1. The molecule has 142 valence electrons. The van der Waals surface area contributed by atoms with Crippen molar-refractivity contribution in [2.75, 3.05) is 47.9 Å². The zero-order valence-electron chi connectivity index (χ0n) is 15.3. The SMILES string of the molecule is CSNc1cc2[nH]c(C(=O)c3cnn(C)c3N)cc2cc1N1CCOCC1. The van der Waals surface area contributed by atoms with Gasteiger partial charge in [-0.3, -0.25) is 9.48 Å². The molecule has 0 aliphatic carbocycles. The Balaban J connectivity index is 1.75. The van der Waals surface area contributed by atoms with Gasteiger partial charge in [-0.15, -0.1) is 0 Å². The average Bonchev–Trinajstić information content (AvgIpc) is 3.25. The van der Waals surface area contributed by atoms with E-state index in [4.69, 9.17) is 10.5 Å². The van der Waals surface area contributed by atoms with Crippen LogP contribution in [0, 0.1) is 0 Å². The summed E-state index contributed by atoms with van der Waals surface area (Å²) in [5.41, 5.74) is 9.88. The minimum Gasteiger partial charge on any atom is -0.383 e. The van der Waals surface area contributed by atoms with E-state index in [0.29, 0.717) is 30.3 Å². The van der Waals surface area contributed by atoms with E-state index in [1.165, 1.54) is 22.8 Å². The van der Waals surface area contributed by atoms with Crippen LogP contribution in [-0.2, 0) is 11.8 Å². The third-order valence-electron chi connectivity index (χ3n) is 4.77. The number of hydrogen-bond acceptors (Lipinski definition) is 7. The summed E-state index contributed by atoms with van der Waals surface area (Å²) in [6.07, 6.45) is 3.49. The van der Waals surface area contributed by atoms with Crippen LogP contribution in [0.5, 0.6) is 0 Å². The molecule has 0 spiro atoms. The first-order chi connectivity index (χ1) is 13.1. The number of hydrogen-bond donors (Lipinski definition) is 3. The topological polar surface area (TPSA) is 101 Å². The number of aromatic amines is 1. The van der Waals surface area contributed by atoms with E-state index in [1.54, 1.807) is 7.05 Å². The molecule has 0 bridgehead atoms. The molecule has 27 heavy (non-hydrogen) atoms. The van der Waals surface area contributed by atoms with E-state index in [9.17, 15) is 4.79 Å². The second-order valence-corrected chi connectivity index (χ2v) is 7.05. The van der Waals surface area contributed by atoms with E-state index >= 15 is 0 Å². The van der Waals surface area contributed by atoms with Gasteiger partial charge in [0, 0.05) is 37.3 Å². The second-order valence-electron chi connectivity index (χ2n) is 6.44. The molecule has 4 N–H and O–H groups in total. The van der Waals surface area contributed by atoms with Gasteiger partial charge in [-0.1, -0.05) is 11.9 Å². The molecule has 0 radical (unpaired) electrons. The highest BCUT2D eigenvalue weighted by molar-refractivity contribution is 7.99. The maximum absolute atomic E-state index is 12.8. The van der Waals surface area contributed by atoms with Gasteiger partial charge >= 0.3 is 0 Å². The van der Waals surface area contributed by atoms with Crippen molar-refractivity contribution in [1.29, 1.82) is 0 Å². The summed E-state index contributed by atoms with van der Waals surface area (Å²) in [5, 5.41) is 5.04. The van der Waals surface area contributed by atoms with Crippen LogP contribution in [0.4, 0.5) is 17.2 Å². The van der Waals surface area contributed by atoms with Crippen molar-refractivity contribution in [3.05, 3.63) is 35.7 Å². The normalized spacial score (nSPS) is 14.7. The van der Waals surface area contributed by atoms with Gasteiger partial charge in [0.25, 0.3) is 0 Å². The first kappa shape index (κ1) is 17.7. The Labute approximate surface area is 161 Å². The molecule has 9 heteroatoms. The molecule has 0 atom stereocenters. The van der Waals surface area contributed by atoms with Gasteiger partial charge in [0.1, 0.15) is 5.82 Å². The Bertz CT molecular complexity index is 989. The number of nitrogens with zero attached hydrogens (tertiary/aromatic N) is 3. The molecule has 1 aliphatic heterocycles. The number of morpholine rings is 1. The molecule has 0 saturated carbocycles. The summed E-state index contributed by atoms with van der Waals surface area (Å²) in [5.74, 6) is 0.196. The number of carbonyl (C=O) groups excluding carboxylic acids is 1. The smallest absolute Gasteiger partial charge is 0.214 e. The first-order valence-electron chi connectivity index (χ1n) is 8.69. The van der Waals surface area contributed by atoms with Gasteiger partial charge < -0.3 is 25.1 Å². The van der Waals surface area contributed by atoms with Crippen LogP contribution in [0.1, 0.15) is 16.1 Å². The molecular weight excluding hydrogens is 364 g/mol. The van der Waals surface area contributed by atoms with Crippen molar-refractivity contribution in [1.82, 2.24) is 14.8 Å². The fraction of sp³-hybridized carbons (Fsp3) is 0.333. The number of ketones is 1. The van der Waals surface area contributed by atoms with E-state index in [2.05, 4.69) is 25.8 Å². The maximum atomic E-state index is 12.8. The predicted molar refractivity (Wildman–Crippen MR) is 110 cm³/mol. The van der Waals surface area contributed by atoms with Gasteiger partial charge in [-0.05, 0) is 18.2 Å². The van der Waals surface area contributed by atoms with Crippen molar-refractivity contribution in [2.45, 2.75) is 0 Å². The number of H-pyrrole nitrogens is 1. The highest BCUT2D eigenvalue weighted by atomic mass is 32.2. The molecular formula is C18H22N6O2S. The fourth-order valence-electron chi connectivity index (χ4n) is 3.32. The Kier molecular flexibility index (Phi) is 4.71. The van der Waals surface area contributed by atoms with Crippen LogP contribution in [0.25, 0.3) is 10.9 Å². The summed E-state index contributed by atoms with van der Waals surface area (Å²) in [4.78, 5) is 18.4. The van der Waals surface area contributed by atoms with Crippen LogP contribution in [0.3, 0.4) is 0 Å². The third-order valence-corrected chi connectivity index (χ3v) is 5.20. The number of nitrogens with two attached hydrogens (primary N) is 1. The summed E-state index contributed by atoms with van der Waals surface area (Å²) < 4.78 is 10.3. The van der Waals surface area contributed by atoms with Gasteiger partial charge in [-0.2, -0.15) is 5.10 Å². The van der Waals surface area contributed by atoms with E-state index in [1.807, 2.05) is 18.4 Å². The molecule has 0 amide bonds. The van der Waals surface area contributed by atoms with Crippen molar-refractivity contribution in [3.8, 4) is 0 Å². The minimum atomic E-state index is -0.163. The number of anilines is 3. The maximum Gasteiger partial charge on any atom is 0.214 e. The molecule has 4 rings (SSSR count). The quantitative estimate of drug-likeness (QED) is 0.457. The number of aromatic nitrogens is 3. The fourth-order valence-corrected chi connectivity index (χ4v) is 3.70. The van der Waals surface area contributed by atoms with Crippen LogP contribution in [0.2, 0.25) is 0 Å². The summed E-state index contributed by atoms with van der Waals surface area (Å²) in [7, 11) is 1.71. The van der Waals surface area contributed by atoms with Crippen molar-refractivity contribution in [3.63, 3.8) is 0 Å². The molecule has 2 aromatic heterocycles. The van der Waals surface area contributed by atoms with Gasteiger partial charge in [-0.25, -0.2) is 0 Å². The molecule has 1 aliphatic rings. The Morgan fingerprint density at radius 1 is 1.33 bits per heavy atom. The lowest BCUT2D eigenvalue weighted by Crippen LogP contribution is -2.36. The highest BCUT2D eigenvalue weighted by Crippen LogP contribution is 2.34. The lowest BCUT2D eigenvalue weighted by molar-refractivity contribution is 0.103. The second kappa shape index (κ2) is 7.16. The van der Waals surface area contributed by atoms with Crippen LogP contribution in [-0.4, -0.2) is 53.1 Å². The predicted octanol–water partition coefficient (Wildman–Crippen LogP) is 2.24. The number of rotatable bonds is 5. The largest absolute Gasteiger partial charge is 0.383 e. The van der Waals surface area contributed by atoms with Gasteiger partial charge in [0.05, 0.1) is 42.0 Å². The lowest BCUT2D eigenvalue weighted by Gasteiger charge is -2.30. The first-order valence-corrected chi connectivity index (χ1v) is 9.91. The van der Waals surface area contributed by atoms with E-state index in [0.717, 1.165) is 35.4 Å². The molecule has 1 fully saturated rings. The van der Waals surface area contributed by atoms with E-state index in [-0.39, 0.29) is 5.78 Å². The molecule has 1 saturated heterocycles. The molecule has 3 aromatic rings. The molecule has 8 nitrogen and oxygen atoms in total. The highest BCUT2D eigenvalue weighted by Gasteiger charge is 2.20. The summed E-state index contributed by atoms with van der Waals surface area (Å²) in [6, 6.07) is 6.02. The van der Waals surface area contributed by atoms with Crippen LogP contribution >= 0.6 is 11.9 Å². The van der Waals surface area contributed by atoms with Crippen molar-refractivity contribution < 1.29 is 9.53 Å². The number of carbonyl (C=O) groups is 1. The third kappa shape index (κ3) is 3.24. The van der Waals surface area contributed by atoms with Crippen LogP contribution in [0.15, 0.2) is 24.4 Å². The zero-order valence-corrected chi connectivity index (χ0v) is 16.1. The monoisotopic (exact) mass is 386 g/mol. The number of fused-ring (bicyclic) bond motifs is 1.